The predicted molar refractivity (Wildman–Crippen MR) is 146 cm³/mol. The van der Waals surface area contributed by atoms with Gasteiger partial charge in [-0.05, 0) is 43.2 Å². The standard InChI is InChI=1S/C24H27N9O5S2/c1-16-12-18(14-25)28-24(27-16)31-8-10-32(11-9-31)40(37,38)19-4-5-20-17(13-19)6-7-33(20)23(34)21-22(26-15-30(21)2)29-39(3,35)36/h4-5,12-13,15,29H,6-11H2,1-3H3. The third kappa shape index (κ3) is 5.22. The van der Waals surface area contributed by atoms with E-state index in [0.717, 1.165) is 6.26 Å². The van der Waals surface area contributed by atoms with Crippen molar-refractivity contribution in [1.82, 2.24) is 23.8 Å². The van der Waals surface area contributed by atoms with Crippen molar-refractivity contribution in [2.24, 2.45) is 7.05 Å². The summed E-state index contributed by atoms with van der Waals surface area (Å²) in [5.41, 5.74) is 2.26. The lowest BCUT2D eigenvalue weighted by molar-refractivity contribution is 0.0982. The second-order valence-corrected chi connectivity index (χ2v) is 13.3. The molecule has 2 aliphatic rings. The van der Waals surface area contributed by atoms with Gasteiger partial charge in [0.05, 0.1) is 17.5 Å². The Morgan fingerprint density at radius 3 is 2.45 bits per heavy atom. The minimum atomic E-state index is -3.81. The molecule has 1 N–H and O–H groups in total. The molecular weight excluding hydrogens is 558 g/mol. The summed E-state index contributed by atoms with van der Waals surface area (Å²) >= 11 is 0. The van der Waals surface area contributed by atoms with Crippen LogP contribution in [0.3, 0.4) is 0 Å². The van der Waals surface area contributed by atoms with Crippen molar-refractivity contribution in [3.8, 4) is 6.07 Å². The molecule has 0 aliphatic carbocycles. The average Bonchev–Trinajstić information content (AvgIpc) is 3.49. The van der Waals surface area contributed by atoms with Gasteiger partial charge < -0.3 is 14.4 Å². The fourth-order valence-electron chi connectivity index (χ4n) is 4.84. The van der Waals surface area contributed by atoms with Crippen molar-refractivity contribution in [2.75, 3.05) is 53.5 Å². The van der Waals surface area contributed by atoms with E-state index in [1.54, 1.807) is 32.2 Å². The first kappa shape index (κ1) is 27.5. The van der Waals surface area contributed by atoms with Gasteiger partial charge in [0, 0.05) is 51.2 Å². The number of aryl methyl sites for hydroxylation is 2. The zero-order valence-corrected chi connectivity index (χ0v) is 23.7. The molecule has 1 fully saturated rings. The summed E-state index contributed by atoms with van der Waals surface area (Å²) < 4.78 is 55.5. The molecule has 14 nitrogen and oxygen atoms in total. The van der Waals surface area contributed by atoms with Crippen molar-refractivity contribution >= 4 is 43.4 Å². The van der Waals surface area contributed by atoms with Crippen molar-refractivity contribution in [3.05, 3.63) is 53.2 Å². The predicted octanol–water partition coefficient (Wildman–Crippen LogP) is 0.476. The highest BCUT2D eigenvalue weighted by atomic mass is 32.2. The molecule has 1 aromatic carbocycles. The summed E-state index contributed by atoms with van der Waals surface area (Å²) in [4.78, 5) is 29.5. The number of fused-ring (bicyclic) bond motifs is 1. The van der Waals surface area contributed by atoms with Crippen molar-refractivity contribution in [2.45, 2.75) is 18.2 Å². The number of sulfonamides is 2. The van der Waals surface area contributed by atoms with E-state index < -0.39 is 26.0 Å². The van der Waals surface area contributed by atoms with E-state index >= 15 is 0 Å². The molecule has 5 rings (SSSR count). The van der Waals surface area contributed by atoms with Crippen molar-refractivity contribution in [3.63, 3.8) is 0 Å². The normalized spacial score (nSPS) is 16.1. The largest absolute Gasteiger partial charge is 0.338 e. The third-order valence-electron chi connectivity index (χ3n) is 6.73. The van der Waals surface area contributed by atoms with Crippen LogP contribution in [0.5, 0.6) is 0 Å². The molecule has 16 heteroatoms. The van der Waals surface area contributed by atoms with Gasteiger partial charge in [-0.3, -0.25) is 9.52 Å². The molecule has 0 atom stereocenters. The monoisotopic (exact) mass is 585 g/mol. The molecule has 4 heterocycles. The number of hydrogen-bond acceptors (Lipinski definition) is 10. The number of carbonyl (C=O) groups is 1. The molecule has 0 bridgehead atoms. The van der Waals surface area contributed by atoms with Gasteiger partial charge in [0.2, 0.25) is 26.0 Å². The summed E-state index contributed by atoms with van der Waals surface area (Å²) in [6, 6.07) is 8.28. The number of anilines is 3. The Kier molecular flexibility index (Phi) is 6.98. The van der Waals surface area contributed by atoms with Gasteiger partial charge in [-0.15, -0.1) is 0 Å². The molecule has 0 radical (unpaired) electrons. The minimum absolute atomic E-state index is 0.0679. The summed E-state index contributed by atoms with van der Waals surface area (Å²) in [5, 5.41) is 9.19. The SMILES string of the molecule is Cc1cc(C#N)nc(N2CCN(S(=O)(=O)c3ccc4c(c3)CCN4C(=O)c3c(NS(C)(=O)=O)ncn3C)CC2)n1. The average molecular weight is 586 g/mol. The van der Waals surface area contributed by atoms with E-state index in [-0.39, 0.29) is 35.2 Å². The maximum absolute atomic E-state index is 13.5. The number of amides is 1. The number of carbonyl (C=O) groups excluding carboxylic acids is 1. The molecule has 3 aromatic rings. The molecule has 0 spiro atoms. The molecule has 40 heavy (non-hydrogen) atoms. The van der Waals surface area contributed by atoms with Crippen LogP contribution in [0, 0.1) is 18.3 Å². The molecule has 2 aliphatic heterocycles. The van der Waals surface area contributed by atoms with Crippen LogP contribution < -0.4 is 14.5 Å². The topological polar surface area (TPSA) is 174 Å². The Labute approximate surface area is 232 Å². The van der Waals surface area contributed by atoms with E-state index in [1.165, 1.54) is 26.2 Å². The van der Waals surface area contributed by atoms with Crippen molar-refractivity contribution < 1.29 is 21.6 Å². The highest BCUT2D eigenvalue weighted by molar-refractivity contribution is 7.92. The number of piperazine rings is 1. The van der Waals surface area contributed by atoms with Gasteiger partial charge in [0.25, 0.3) is 5.91 Å². The summed E-state index contributed by atoms with van der Waals surface area (Å²) in [5.74, 6) is -0.115. The van der Waals surface area contributed by atoms with Crippen LogP contribution in [-0.4, -0.2) is 85.5 Å². The van der Waals surface area contributed by atoms with Gasteiger partial charge in [-0.25, -0.2) is 31.8 Å². The molecule has 1 amide bonds. The van der Waals surface area contributed by atoms with Gasteiger partial charge in [0.1, 0.15) is 11.8 Å². The van der Waals surface area contributed by atoms with Crippen LogP contribution in [-0.2, 0) is 33.5 Å². The maximum atomic E-state index is 13.5. The lowest BCUT2D eigenvalue weighted by Gasteiger charge is -2.34. The Morgan fingerprint density at radius 2 is 1.77 bits per heavy atom. The van der Waals surface area contributed by atoms with E-state index in [1.807, 2.05) is 11.0 Å². The van der Waals surface area contributed by atoms with E-state index in [9.17, 15) is 26.9 Å². The number of rotatable bonds is 6. The molecule has 2 aromatic heterocycles. The van der Waals surface area contributed by atoms with Crippen molar-refractivity contribution in [1.29, 1.82) is 5.26 Å². The van der Waals surface area contributed by atoms with Crippen LogP contribution in [0.2, 0.25) is 0 Å². The summed E-state index contributed by atoms with van der Waals surface area (Å²) in [6.07, 6.45) is 2.77. The molecule has 0 saturated carbocycles. The third-order valence-corrected chi connectivity index (χ3v) is 9.19. The first-order valence-electron chi connectivity index (χ1n) is 12.3. The Balaban J connectivity index is 1.33. The zero-order valence-electron chi connectivity index (χ0n) is 22.1. The van der Waals surface area contributed by atoms with Gasteiger partial charge in [-0.1, -0.05) is 0 Å². The van der Waals surface area contributed by atoms with Crippen LogP contribution in [0.1, 0.15) is 27.4 Å². The first-order chi connectivity index (χ1) is 18.9. The minimum Gasteiger partial charge on any atom is -0.338 e. The smallest absolute Gasteiger partial charge is 0.278 e. The second kappa shape index (κ2) is 10.2. The zero-order chi connectivity index (χ0) is 28.8. The number of nitrogens with one attached hydrogen (secondary N) is 1. The van der Waals surface area contributed by atoms with Gasteiger partial charge >= 0.3 is 0 Å². The number of benzene rings is 1. The number of imidazole rings is 1. The molecule has 0 unspecified atom stereocenters. The fraction of sp³-hybridized carbons (Fsp3) is 0.375. The summed E-state index contributed by atoms with van der Waals surface area (Å²) in [7, 11) is -5.87. The van der Waals surface area contributed by atoms with E-state index in [4.69, 9.17) is 0 Å². The number of nitriles is 1. The van der Waals surface area contributed by atoms with Gasteiger partial charge in [-0.2, -0.15) is 9.57 Å². The highest BCUT2D eigenvalue weighted by Gasteiger charge is 2.34. The Hall–Kier alpha value is -4.07. The lowest BCUT2D eigenvalue weighted by Crippen LogP contribution is -2.49. The number of aromatic nitrogens is 4. The van der Waals surface area contributed by atoms with Crippen LogP contribution >= 0.6 is 0 Å². The van der Waals surface area contributed by atoms with Gasteiger partial charge in [0.15, 0.2) is 11.5 Å². The maximum Gasteiger partial charge on any atom is 0.278 e. The number of nitrogens with zero attached hydrogens (tertiary/aromatic N) is 8. The van der Waals surface area contributed by atoms with Crippen LogP contribution in [0.15, 0.2) is 35.5 Å². The quantitative estimate of drug-likeness (QED) is 0.428. The molecular formula is C24H27N9O5S2. The summed E-state index contributed by atoms with van der Waals surface area (Å²) in [6.45, 7) is 3.27. The Morgan fingerprint density at radius 1 is 1.05 bits per heavy atom. The van der Waals surface area contributed by atoms with E-state index in [2.05, 4.69) is 19.7 Å². The second-order valence-electron chi connectivity index (χ2n) is 9.62. The first-order valence-corrected chi connectivity index (χ1v) is 15.7. The van der Waals surface area contributed by atoms with Crippen LogP contribution in [0.4, 0.5) is 17.5 Å². The fourth-order valence-corrected chi connectivity index (χ4v) is 6.81. The number of hydrogen-bond donors (Lipinski definition) is 1. The lowest BCUT2D eigenvalue weighted by atomic mass is 10.2. The molecule has 1 saturated heterocycles. The van der Waals surface area contributed by atoms with E-state index in [0.29, 0.717) is 48.9 Å². The van der Waals surface area contributed by atoms with Crippen LogP contribution in [0.25, 0.3) is 0 Å². The highest BCUT2D eigenvalue weighted by Crippen LogP contribution is 2.33. The molecule has 210 valence electrons. The Bertz CT molecular complexity index is 1760.